The van der Waals surface area contributed by atoms with Gasteiger partial charge in [-0.25, -0.2) is 5.43 Å². The number of hydrogen-bond acceptors (Lipinski definition) is 2. The van der Waals surface area contributed by atoms with E-state index in [1.807, 2.05) is 67.0 Å². The second-order valence-corrected chi connectivity index (χ2v) is 6.00. The van der Waals surface area contributed by atoms with Crippen molar-refractivity contribution < 1.29 is 4.79 Å². The van der Waals surface area contributed by atoms with Gasteiger partial charge < -0.3 is 9.97 Å². The zero-order valence-corrected chi connectivity index (χ0v) is 13.2. The summed E-state index contributed by atoms with van der Waals surface area (Å²) < 4.78 is 0. The number of hydrogen-bond donors (Lipinski definition) is 3. The highest BCUT2D eigenvalue weighted by Gasteiger charge is 2.26. The predicted molar refractivity (Wildman–Crippen MR) is 99.3 cm³/mol. The lowest BCUT2D eigenvalue weighted by Gasteiger charge is -2.00. The fourth-order valence-corrected chi connectivity index (χ4v) is 3.31. The van der Waals surface area contributed by atoms with Crippen LogP contribution in [0.1, 0.15) is 11.1 Å². The highest BCUT2D eigenvalue weighted by molar-refractivity contribution is 6.35. The molecule has 0 unspecified atom stereocenters. The van der Waals surface area contributed by atoms with Crippen LogP contribution < -0.4 is 5.43 Å². The highest BCUT2D eigenvalue weighted by Crippen LogP contribution is 2.26. The summed E-state index contributed by atoms with van der Waals surface area (Å²) in [6.45, 7) is 0. The Kier molecular flexibility index (Phi) is 2.87. The summed E-state index contributed by atoms with van der Waals surface area (Å²) in [5, 5.41) is 6.39. The number of hydrazone groups is 1. The predicted octanol–water partition coefficient (Wildman–Crippen LogP) is 3.57. The number of amides is 1. The Morgan fingerprint density at radius 2 is 1.52 bits per heavy atom. The third-order valence-corrected chi connectivity index (χ3v) is 4.53. The van der Waals surface area contributed by atoms with Crippen LogP contribution in [0.5, 0.6) is 0 Å². The number of fused-ring (bicyclic) bond motifs is 2. The maximum atomic E-state index is 12.4. The van der Waals surface area contributed by atoms with Crippen LogP contribution in [0.4, 0.5) is 0 Å². The molecule has 0 aliphatic carbocycles. The standard InChI is InChI=1S/C20H14N4O/c25-20-15(9-12-10-21-17-7-3-1-5-13(12)17)19(23-24-20)16-11-22-18-8-4-2-6-14(16)18/h1-11,21-22H,(H,24,25)/b15-9-. The van der Waals surface area contributed by atoms with Crippen molar-refractivity contribution in [1.82, 2.24) is 15.4 Å². The average molecular weight is 326 g/mol. The lowest BCUT2D eigenvalue weighted by atomic mass is 10.00. The molecule has 2 aromatic carbocycles. The van der Waals surface area contributed by atoms with Gasteiger partial charge in [0.05, 0.1) is 5.57 Å². The zero-order valence-electron chi connectivity index (χ0n) is 13.2. The molecule has 3 N–H and O–H groups in total. The molecule has 0 saturated heterocycles. The fourth-order valence-electron chi connectivity index (χ4n) is 3.31. The Balaban J connectivity index is 1.67. The van der Waals surface area contributed by atoms with E-state index in [1.165, 1.54) is 0 Å². The Morgan fingerprint density at radius 1 is 0.840 bits per heavy atom. The van der Waals surface area contributed by atoms with Crippen LogP contribution in [0.25, 0.3) is 27.9 Å². The molecule has 3 heterocycles. The van der Waals surface area contributed by atoms with Gasteiger partial charge in [-0.3, -0.25) is 4.79 Å². The maximum absolute atomic E-state index is 12.4. The second-order valence-electron chi connectivity index (χ2n) is 6.00. The maximum Gasteiger partial charge on any atom is 0.273 e. The van der Waals surface area contributed by atoms with Crippen LogP contribution >= 0.6 is 0 Å². The minimum absolute atomic E-state index is 0.189. The first-order valence-corrected chi connectivity index (χ1v) is 8.04. The third kappa shape index (κ3) is 2.10. The summed E-state index contributed by atoms with van der Waals surface area (Å²) in [5.74, 6) is -0.189. The summed E-state index contributed by atoms with van der Waals surface area (Å²) in [5.41, 5.74) is 7.76. The lowest BCUT2D eigenvalue weighted by molar-refractivity contribution is -0.116. The van der Waals surface area contributed by atoms with Gasteiger partial charge in [0.1, 0.15) is 5.71 Å². The summed E-state index contributed by atoms with van der Waals surface area (Å²) in [7, 11) is 0. The van der Waals surface area contributed by atoms with Crippen molar-refractivity contribution >= 4 is 39.5 Å². The highest BCUT2D eigenvalue weighted by atomic mass is 16.2. The number of benzene rings is 2. The lowest BCUT2D eigenvalue weighted by Crippen LogP contribution is -2.13. The largest absolute Gasteiger partial charge is 0.361 e. The number of rotatable bonds is 2. The Labute approximate surface area is 143 Å². The quantitative estimate of drug-likeness (QED) is 0.484. The fraction of sp³-hybridized carbons (Fsp3) is 0. The van der Waals surface area contributed by atoms with Crippen LogP contribution in [-0.2, 0) is 4.79 Å². The minimum Gasteiger partial charge on any atom is -0.361 e. The van der Waals surface area contributed by atoms with Crippen molar-refractivity contribution in [3.05, 3.63) is 77.6 Å². The van der Waals surface area contributed by atoms with Crippen molar-refractivity contribution in [2.75, 3.05) is 0 Å². The summed E-state index contributed by atoms with van der Waals surface area (Å²) >= 11 is 0. The van der Waals surface area contributed by atoms with Gasteiger partial charge in [0, 0.05) is 45.3 Å². The number of aromatic amines is 2. The van der Waals surface area contributed by atoms with Crippen LogP contribution in [0.3, 0.4) is 0 Å². The number of carbonyl (C=O) groups is 1. The van der Waals surface area contributed by atoms with Gasteiger partial charge >= 0.3 is 0 Å². The molecule has 120 valence electrons. The number of nitrogens with zero attached hydrogens (tertiary/aromatic N) is 1. The monoisotopic (exact) mass is 326 g/mol. The average Bonchev–Trinajstić information content (AvgIpc) is 3.34. The van der Waals surface area contributed by atoms with E-state index in [0.717, 1.165) is 32.9 Å². The third-order valence-electron chi connectivity index (χ3n) is 4.53. The zero-order chi connectivity index (χ0) is 16.8. The van der Waals surface area contributed by atoms with Crippen molar-refractivity contribution in [3.8, 4) is 0 Å². The van der Waals surface area contributed by atoms with Gasteiger partial charge in [-0.1, -0.05) is 36.4 Å². The van der Waals surface area contributed by atoms with Crippen LogP contribution in [0.15, 0.2) is 71.6 Å². The van der Waals surface area contributed by atoms with E-state index >= 15 is 0 Å². The molecule has 4 aromatic rings. The van der Waals surface area contributed by atoms with E-state index in [0.29, 0.717) is 11.3 Å². The van der Waals surface area contributed by atoms with Gasteiger partial charge in [-0.2, -0.15) is 5.10 Å². The molecule has 0 fully saturated rings. The molecule has 0 atom stereocenters. The Morgan fingerprint density at radius 3 is 2.36 bits per heavy atom. The summed E-state index contributed by atoms with van der Waals surface area (Å²) in [6.07, 6.45) is 5.70. The van der Waals surface area contributed by atoms with Crippen molar-refractivity contribution in [2.45, 2.75) is 0 Å². The molecular formula is C20H14N4O. The van der Waals surface area contributed by atoms with E-state index in [9.17, 15) is 4.79 Å². The molecule has 5 heteroatoms. The van der Waals surface area contributed by atoms with Gasteiger partial charge in [-0.15, -0.1) is 0 Å². The first-order chi connectivity index (χ1) is 12.3. The van der Waals surface area contributed by atoms with Gasteiger partial charge in [-0.05, 0) is 18.2 Å². The minimum atomic E-state index is -0.189. The van der Waals surface area contributed by atoms with E-state index in [4.69, 9.17) is 0 Å². The van der Waals surface area contributed by atoms with E-state index in [2.05, 4.69) is 20.5 Å². The first kappa shape index (κ1) is 13.8. The number of para-hydroxylation sites is 2. The topological polar surface area (TPSA) is 73.0 Å². The van der Waals surface area contributed by atoms with Crippen LogP contribution in [0.2, 0.25) is 0 Å². The van der Waals surface area contributed by atoms with Crippen molar-refractivity contribution in [3.63, 3.8) is 0 Å². The molecule has 2 aromatic heterocycles. The number of H-pyrrole nitrogens is 2. The molecule has 1 aliphatic heterocycles. The van der Waals surface area contributed by atoms with Crippen LogP contribution in [-0.4, -0.2) is 21.6 Å². The second kappa shape index (κ2) is 5.21. The van der Waals surface area contributed by atoms with Crippen molar-refractivity contribution in [1.29, 1.82) is 0 Å². The number of aromatic nitrogens is 2. The Hall–Kier alpha value is -3.60. The number of nitrogens with one attached hydrogen (secondary N) is 3. The van der Waals surface area contributed by atoms with Crippen molar-refractivity contribution in [2.24, 2.45) is 5.10 Å². The molecule has 1 amide bonds. The van der Waals surface area contributed by atoms with E-state index < -0.39 is 0 Å². The molecule has 25 heavy (non-hydrogen) atoms. The summed E-state index contributed by atoms with van der Waals surface area (Å²) in [6, 6.07) is 16.0. The molecule has 0 saturated carbocycles. The van der Waals surface area contributed by atoms with E-state index in [-0.39, 0.29) is 5.91 Å². The normalized spacial score (nSPS) is 15.9. The molecule has 0 radical (unpaired) electrons. The molecule has 1 aliphatic rings. The smallest absolute Gasteiger partial charge is 0.273 e. The van der Waals surface area contributed by atoms with Crippen LogP contribution in [0, 0.1) is 0 Å². The molecule has 5 rings (SSSR count). The SMILES string of the molecule is O=C1NN=C(c2c[nH]c3ccccc23)/C1=C/c1c[nH]c2ccccc12. The summed E-state index contributed by atoms with van der Waals surface area (Å²) in [4.78, 5) is 18.8. The van der Waals surface area contributed by atoms with Gasteiger partial charge in [0.15, 0.2) is 0 Å². The first-order valence-electron chi connectivity index (χ1n) is 8.04. The molecule has 0 spiro atoms. The Bertz CT molecular complexity index is 1190. The van der Waals surface area contributed by atoms with Gasteiger partial charge in [0.25, 0.3) is 5.91 Å². The number of carbonyl (C=O) groups excluding carboxylic acids is 1. The molecular weight excluding hydrogens is 312 g/mol. The van der Waals surface area contributed by atoms with Gasteiger partial charge in [0.2, 0.25) is 0 Å². The molecule has 5 nitrogen and oxygen atoms in total. The molecule has 0 bridgehead atoms. The van der Waals surface area contributed by atoms with E-state index in [1.54, 1.807) is 0 Å².